The minimum absolute atomic E-state index is 0.605. The summed E-state index contributed by atoms with van der Waals surface area (Å²) in [7, 11) is 2.13. The van der Waals surface area contributed by atoms with Crippen LogP contribution in [0.5, 0.6) is 0 Å². The van der Waals surface area contributed by atoms with Crippen LogP contribution in [0.1, 0.15) is 12.8 Å². The highest BCUT2D eigenvalue weighted by molar-refractivity contribution is 5.43. The molecule has 0 aromatic carbocycles. The summed E-state index contributed by atoms with van der Waals surface area (Å²) in [5, 5.41) is 0. The first-order chi connectivity index (χ1) is 6.88. The summed E-state index contributed by atoms with van der Waals surface area (Å²) < 4.78 is 5.34. The van der Waals surface area contributed by atoms with Gasteiger partial charge in [-0.15, -0.1) is 0 Å². The summed E-state index contributed by atoms with van der Waals surface area (Å²) in [4.78, 5) is 6.43. The van der Waals surface area contributed by atoms with E-state index in [-0.39, 0.29) is 0 Å². The number of aromatic nitrogens is 1. The van der Waals surface area contributed by atoms with E-state index in [1.54, 1.807) is 6.20 Å². The molecule has 1 saturated heterocycles. The minimum atomic E-state index is 0.605. The van der Waals surface area contributed by atoms with E-state index in [1.807, 2.05) is 12.3 Å². The van der Waals surface area contributed by atoms with Gasteiger partial charge in [0.2, 0.25) is 0 Å². The first-order valence-electron chi connectivity index (χ1n) is 5.08. The van der Waals surface area contributed by atoms with E-state index in [0.29, 0.717) is 6.04 Å². The van der Waals surface area contributed by atoms with Gasteiger partial charge in [0.15, 0.2) is 0 Å². The van der Waals surface area contributed by atoms with Gasteiger partial charge in [-0.05, 0) is 25.0 Å². The molecule has 1 fully saturated rings. The molecule has 0 atom stereocenters. The molecule has 1 aromatic heterocycles. The molecule has 0 radical (unpaired) electrons. The number of anilines is 1. The van der Waals surface area contributed by atoms with Crippen LogP contribution in [-0.4, -0.2) is 31.3 Å². The van der Waals surface area contributed by atoms with Crippen LogP contribution < -0.4 is 4.90 Å². The molecule has 14 heavy (non-hydrogen) atoms. The van der Waals surface area contributed by atoms with Gasteiger partial charge in [0.25, 0.3) is 0 Å². The van der Waals surface area contributed by atoms with Crippen LogP contribution in [0.3, 0.4) is 0 Å². The Balaban J connectivity index is 2.03. The van der Waals surface area contributed by atoms with Crippen molar-refractivity contribution in [2.75, 3.05) is 25.2 Å². The molecule has 76 valence electrons. The van der Waals surface area contributed by atoms with E-state index in [9.17, 15) is 0 Å². The Morgan fingerprint density at radius 2 is 2.21 bits per heavy atom. The van der Waals surface area contributed by atoms with Gasteiger partial charge >= 0.3 is 0 Å². The molecule has 2 rings (SSSR count). The van der Waals surface area contributed by atoms with Crippen molar-refractivity contribution in [2.45, 2.75) is 18.9 Å². The van der Waals surface area contributed by atoms with E-state index < -0.39 is 0 Å². The second-order valence-electron chi connectivity index (χ2n) is 3.67. The third kappa shape index (κ3) is 2.04. The molecule has 0 unspecified atom stereocenters. The monoisotopic (exact) mass is 192 g/mol. The zero-order chi connectivity index (χ0) is 9.80. The van der Waals surface area contributed by atoms with Gasteiger partial charge in [0, 0.05) is 32.5 Å². The Labute approximate surface area is 84.7 Å². The zero-order valence-corrected chi connectivity index (χ0v) is 8.52. The molecule has 0 spiro atoms. The largest absolute Gasteiger partial charge is 0.381 e. The van der Waals surface area contributed by atoms with Gasteiger partial charge in [0.05, 0.1) is 11.9 Å². The molecule has 3 heteroatoms. The minimum Gasteiger partial charge on any atom is -0.381 e. The van der Waals surface area contributed by atoms with Crippen LogP contribution in [0, 0.1) is 0 Å². The third-order valence-corrected chi connectivity index (χ3v) is 2.79. The molecular weight excluding hydrogens is 176 g/mol. The lowest BCUT2D eigenvalue weighted by atomic mass is 10.1. The fraction of sp³-hybridized carbons (Fsp3) is 0.545. The van der Waals surface area contributed by atoms with Crippen molar-refractivity contribution in [1.82, 2.24) is 4.98 Å². The number of ether oxygens (including phenoxy) is 1. The summed E-state index contributed by atoms with van der Waals surface area (Å²) in [5.41, 5.74) is 1.19. The highest BCUT2D eigenvalue weighted by atomic mass is 16.5. The van der Waals surface area contributed by atoms with Crippen LogP contribution in [0.25, 0.3) is 0 Å². The SMILES string of the molecule is CN(c1cccnc1)C1CCOCC1. The lowest BCUT2D eigenvalue weighted by Gasteiger charge is -2.32. The normalized spacial score (nSPS) is 18.1. The predicted octanol–water partition coefficient (Wildman–Crippen LogP) is 1.70. The van der Waals surface area contributed by atoms with Crippen LogP contribution in [-0.2, 0) is 4.74 Å². The maximum atomic E-state index is 5.34. The molecule has 3 nitrogen and oxygen atoms in total. The van der Waals surface area contributed by atoms with Crippen molar-refractivity contribution in [2.24, 2.45) is 0 Å². The van der Waals surface area contributed by atoms with E-state index in [0.717, 1.165) is 26.1 Å². The Hall–Kier alpha value is -1.09. The van der Waals surface area contributed by atoms with Crippen LogP contribution in [0.2, 0.25) is 0 Å². The maximum absolute atomic E-state index is 5.34. The standard InChI is InChI=1S/C11H16N2O/c1-13(10-4-7-14-8-5-10)11-3-2-6-12-9-11/h2-3,6,9-10H,4-5,7-8H2,1H3. The Morgan fingerprint density at radius 1 is 1.43 bits per heavy atom. The van der Waals surface area contributed by atoms with Crippen LogP contribution in [0.4, 0.5) is 5.69 Å². The third-order valence-electron chi connectivity index (χ3n) is 2.79. The number of nitrogens with zero attached hydrogens (tertiary/aromatic N) is 2. The number of rotatable bonds is 2. The van der Waals surface area contributed by atoms with Gasteiger partial charge in [-0.25, -0.2) is 0 Å². The molecule has 0 saturated carbocycles. The summed E-state index contributed by atoms with van der Waals surface area (Å²) >= 11 is 0. The van der Waals surface area contributed by atoms with Gasteiger partial charge < -0.3 is 9.64 Å². The lowest BCUT2D eigenvalue weighted by molar-refractivity contribution is 0.0855. The van der Waals surface area contributed by atoms with Crippen molar-refractivity contribution in [1.29, 1.82) is 0 Å². The molecular formula is C11H16N2O. The summed E-state index contributed by atoms with van der Waals surface area (Å²) in [6.07, 6.45) is 5.95. The van der Waals surface area contributed by atoms with E-state index in [4.69, 9.17) is 4.74 Å². The quantitative estimate of drug-likeness (QED) is 0.713. The van der Waals surface area contributed by atoms with Crippen molar-refractivity contribution in [3.63, 3.8) is 0 Å². The number of hydrogen-bond acceptors (Lipinski definition) is 3. The van der Waals surface area contributed by atoms with Gasteiger partial charge in [-0.3, -0.25) is 4.98 Å². The fourth-order valence-electron chi connectivity index (χ4n) is 1.85. The van der Waals surface area contributed by atoms with Gasteiger partial charge in [-0.2, -0.15) is 0 Å². The second kappa shape index (κ2) is 4.42. The van der Waals surface area contributed by atoms with Crippen LogP contribution in [0.15, 0.2) is 24.5 Å². The zero-order valence-electron chi connectivity index (χ0n) is 8.52. The Kier molecular flexibility index (Phi) is 2.99. The lowest BCUT2D eigenvalue weighted by Crippen LogP contribution is -2.36. The topological polar surface area (TPSA) is 25.4 Å². The molecule has 0 N–H and O–H groups in total. The maximum Gasteiger partial charge on any atom is 0.0552 e. The fourth-order valence-corrected chi connectivity index (χ4v) is 1.85. The molecule has 0 bridgehead atoms. The summed E-state index contributed by atoms with van der Waals surface area (Å²) in [6.45, 7) is 1.77. The Bertz CT molecular complexity index is 270. The molecule has 0 aliphatic carbocycles. The highest BCUT2D eigenvalue weighted by Gasteiger charge is 2.18. The van der Waals surface area contributed by atoms with Crippen LogP contribution >= 0.6 is 0 Å². The van der Waals surface area contributed by atoms with Gasteiger partial charge in [-0.1, -0.05) is 0 Å². The van der Waals surface area contributed by atoms with Crippen molar-refractivity contribution >= 4 is 5.69 Å². The van der Waals surface area contributed by atoms with E-state index >= 15 is 0 Å². The average Bonchev–Trinajstić information content (AvgIpc) is 2.30. The second-order valence-corrected chi connectivity index (χ2v) is 3.67. The Morgan fingerprint density at radius 3 is 2.86 bits per heavy atom. The highest BCUT2D eigenvalue weighted by Crippen LogP contribution is 2.19. The summed E-state index contributed by atoms with van der Waals surface area (Å²) in [6, 6.07) is 4.68. The van der Waals surface area contributed by atoms with E-state index in [2.05, 4.69) is 23.0 Å². The van der Waals surface area contributed by atoms with Crippen molar-refractivity contribution in [3.8, 4) is 0 Å². The smallest absolute Gasteiger partial charge is 0.0552 e. The molecule has 2 heterocycles. The first kappa shape index (κ1) is 9.46. The first-order valence-corrected chi connectivity index (χ1v) is 5.08. The molecule has 1 aromatic rings. The summed E-state index contributed by atoms with van der Waals surface area (Å²) in [5.74, 6) is 0. The van der Waals surface area contributed by atoms with Crippen molar-refractivity contribution in [3.05, 3.63) is 24.5 Å². The van der Waals surface area contributed by atoms with E-state index in [1.165, 1.54) is 5.69 Å². The average molecular weight is 192 g/mol. The number of hydrogen-bond donors (Lipinski definition) is 0. The molecule has 1 aliphatic heterocycles. The van der Waals surface area contributed by atoms with Gasteiger partial charge in [0.1, 0.15) is 0 Å². The molecule has 1 aliphatic rings. The molecule has 0 amide bonds. The predicted molar refractivity (Wildman–Crippen MR) is 56.5 cm³/mol. The van der Waals surface area contributed by atoms with Crippen molar-refractivity contribution < 1.29 is 4.74 Å². The number of pyridine rings is 1.